The normalized spacial score (nSPS) is 19.2. The first-order valence-electron chi connectivity index (χ1n) is 16.7. The van der Waals surface area contributed by atoms with E-state index in [1.54, 1.807) is 12.1 Å². The summed E-state index contributed by atoms with van der Waals surface area (Å²) >= 11 is 0. The van der Waals surface area contributed by atoms with Crippen LogP contribution in [0.1, 0.15) is 39.1 Å². The van der Waals surface area contributed by atoms with Crippen LogP contribution >= 0.6 is 0 Å². The van der Waals surface area contributed by atoms with Crippen molar-refractivity contribution in [3.63, 3.8) is 0 Å². The second-order valence-corrected chi connectivity index (χ2v) is 12.2. The maximum absolute atomic E-state index is 13.8. The number of esters is 3. The Morgan fingerprint density at radius 1 is 0.714 bits per heavy atom. The zero-order valence-electron chi connectivity index (χ0n) is 29.1. The third-order valence-electron chi connectivity index (χ3n) is 8.45. The number of aromatic hydroxyl groups is 4. The molecule has 5 rings (SSSR count). The molecule has 1 aromatic heterocycles. The lowest BCUT2D eigenvalue weighted by atomic mass is 10.0. The van der Waals surface area contributed by atoms with E-state index in [4.69, 9.17) is 19.9 Å². The van der Waals surface area contributed by atoms with Crippen LogP contribution in [-0.2, 0) is 39.9 Å². The van der Waals surface area contributed by atoms with Gasteiger partial charge in [0, 0.05) is 30.7 Å². The minimum atomic E-state index is -1.91. The van der Waals surface area contributed by atoms with Gasteiger partial charge in [0.25, 0.3) is 17.7 Å². The van der Waals surface area contributed by atoms with Crippen molar-refractivity contribution in [2.75, 3.05) is 19.8 Å². The number of nitrogens with zero attached hydrogens (tertiary/aromatic N) is 1. The molecule has 11 N–H and O–H groups in total. The fourth-order valence-electron chi connectivity index (χ4n) is 5.45. The van der Waals surface area contributed by atoms with Crippen LogP contribution in [0.3, 0.4) is 0 Å². The van der Waals surface area contributed by atoms with Crippen molar-refractivity contribution >= 4 is 35.6 Å². The van der Waals surface area contributed by atoms with Crippen LogP contribution in [0.5, 0.6) is 23.0 Å². The number of carbonyl (C=O) groups is 6. The number of nitrogens with two attached hydrogens (primary N) is 1. The van der Waals surface area contributed by atoms with E-state index in [9.17, 15) is 59.4 Å². The lowest BCUT2D eigenvalue weighted by Crippen LogP contribution is -2.53. The van der Waals surface area contributed by atoms with Crippen LogP contribution in [0.4, 0.5) is 0 Å². The predicted octanol–water partition coefficient (Wildman–Crippen LogP) is -0.683. The number of pyridine rings is 1. The van der Waals surface area contributed by atoms with Gasteiger partial charge in [0.05, 0.1) is 11.1 Å². The van der Waals surface area contributed by atoms with Gasteiger partial charge >= 0.3 is 17.9 Å². The van der Waals surface area contributed by atoms with Gasteiger partial charge in [-0.15, -0.1) is 0 Å². The van der Waals surface area contributed by atoms with Crippen LogP contribution in [0, 0.1) is 0 Å². The summed E-state index contributed by atoms with van der Waals surface area (Å²) in [5, 5.41) is 68.0. The van der Waals surface area contributed by atoms with E-state index in [0.717, 1.165) is 18.2 Å². The van der Waals surface area contributed by atoms with Gasteiger partial charge in [-0.1, -0.05) is 12.1 Å². The van der Waals surface area contributed by atoms with Crippen molar-refractivity contribution in [2.45, 2.75) is 37.5 Å². The number of hydrogen-bond acceptors (Lipinski definition) is 16. The van der Waals surface area contributed by atoms with Crippen molar-refractivity contribution in [3.8, 4) is 28.7 Å². The van der Waals surface area contributed by atoms with E-state index in [1.807, 2.05) is 0 Å². The van der Waals surface area contributed by atoms with E-state index in [2.05, 4.69) is 16.0 Å². The average Bonchev–Trinajstić information content (AvgIpc) is 3.18. The molecule has 1 aliphatic heterocycles. The Morgan fingerprint density at radius 2 is 1.29 bits per heavy atom. The van der Waals surface area contributed by atoms with Gasteiger partial charge in [-0.2, -0.15) is 4.57 Å². The maximum atomic E-state index is 13.8. The number of amides is 3. The fourth-order valence-corrected chi connectivity index (χ4v) is 5.45. The average molecular weight is 779 g/mol. The number of nitrogens with one attached hydrogen (secondary N) is 3. The number of allylic oxidation sites excluding steroid dienone is 2. The predicted molar refractivity (Wildman–Crippen MR) is 186 cm³/mol. The second-order valence-electron chi connectivity index (χ2n) is 12.2. The van der Waals surface area contributed by atoms with Gasteiger partial charge in [-0.3, -0.25) is 14.4 Å². The van der Waals surface area contributed by atoms with Crippen molar-refractivity contribution < 1.29 is 78.2 Å². The first kappa shape index (κ1) is 39.8. The molecule has 2 aliphatic rings. The van der Waals surface area contributed by atoms with Crippen LogP contribution in [-0.4, -0.2) is 104 Å². The minimum absolute atomic E-state index is 0.00970. The van der Waals surface area contributed by atoms with E-state index >= 15 is 0 Å². The Hall–Kier alpha value is -7.35. The van der Waals surface area contributed by atoms with Crippen molar-refractivity contribution in [2.24, 2.45) is 5.73 Å². The summed E-state index contributed by atoms with van der Waals surface area (Å²) in [6.07, 6.45) is 4.50. The van der Waals surface area contributed by atoms with Gasteiger partial charge in [0.2, 0.25) is 5.69 Å². The summed E-state index contributed by atoms with van der Waals surface area (Å²) in [6.45, 7) is -2.82. The van der Waals surface area contributed by atoms with Gasteiger partial charge < -0.3 is 66.5 Å². The third-order valence-corrected chi connectivity index (χ3v) is 8.45. The molecule has 0 spiro atoms. The van der Waals surface area contributed by atoms with Crippen LogP contribution in [0.15, 0.2) is 78.0 Å². The summed E-state index contributed by atoms with van der Waals surface area (Å²) in [4.78, 5) is 80.1. The Morgan fingerprint density at radius 3 is 1.89 bits per heavy atom. The Bertz CT molecular complexity index is 2150. The Kier molecular flexibility index (Phi) is 12.2. The van der Waals surface area contributed by atoms with Crippen molar-refractivity contribution in [1.82, 2.24) is 16.0 Å². The number of benzene rings is 2. The highest BCUT2D eigenvalue weighted by Crippen LogP contribution is 2.32. The largest absolute Gasteiger partial charge is 0.508 e. The molecule has 294 valence electrons. The van der Waals surface area contributed by atoms with E-state index in [1.165, 1.54) is 35.2 Å². The smallest absolute Gasteiger partial charge is 0.332 e. The molecule has 1 aliphatic carbocycles. The molecule has 3 atom stereocenters. The number of aliphatic hydroxyl groups excluding tert-OH is 2. The number of cyclic esters (lactones) is 3. The number of aliphatic hydroxyl groups is 2. The molecule has 20 heteroatoms. The molecule has 56 heavy (non-hydrogen) atoms. The summed E-state index contributed by atoms with van der Waals surface area (Å²) in [5.41, 5.74) is 4.91. The summed E-state index contributed by atoms with van der Waals surface area (Å²) in [7, 11) is 0. The van der Waals surface area contributed by atoms with E-state index in [-0.39, 0.29) is 25.1 Å². The molecule has 0 radical (unpaired) electrons. The van der Waals surface area contributed by atoms with Crippen LogP contribution < -0.4 is 26.3 Å². The molecule has 0 bridgehead atoms. The number of phenolic OH excluding ortho intramolecular Hbond substituents is 4. The highest BCUT2D eigenvalue weighted by Gasteiger charge is 2.36. The summed E-state index contributed by atoms with van der Waals surface area (Å²) in [6, 6.07) is 3.44. The number of para-hydroxylation sites is 1. The second kappa shape index (κ2) is 17.2. The molecule has 0 saturated carbocycles. The SMILES string of the molecule is NCc1ccc[n+](-c2ccc(O)c(O)c2C(=O)NC2COC(=O)C(NC(=O)c3cccc(O)c3O)COC(=O)C(NC(=O)C3=CCCC(O)=C3O)COC2=O)c1. The molecule has 3 amide bonds. The van der Waals surface area contributed by atoms with Gasteiger partial charge in [0.15, 0.2) is 64.8 Å². The van der Waals surface area contributed by atoms with E-state index < -0.39 is 125 Å². The number of hydrogen-bond donors (Lipinski definition) is 10. The number of phenols is 4. The quantitative estimate of drug-likeness (QED) is 0.0586. The fraction of sp³-hybridized carbons (Fsp3) is 0.250. The Balaban J connectivity index is 1.46. The highest BCUT2D eigenvalue weighted by atomic mass is 16.6. The summed E-state index contributed by atoms with van der Waals surface area (Å²) in [5.74, 6) is -11.8. The maximum Gasteiger partial charge on any atom is 0.332 e. The molecular formula is C36H36N5O15+. The number of carbonyl (C=O) groups excluding carboxylic acids is 6. The number of rotatable bonds is 8. The molecule has 3 aromatic rings. The zero-order chi connectivity index (χ0) is 40.7. The zero-order valence-corrected chi connectivity index (χ0v) is 29.1. The topological polar surface area (TPSA) is 317 Å². The van der Waals surface area contributed by atoms with Crippen molar-refractivity contribution in [1.29, 1.82) is 0 Å². The molecular weight excluding hydrogens is 742 g/mol. The standard InChI is InChI=1S/C36H35N5O15/c37-12-17-4-3-11-41(13-17)23-9-10-26(44)30(47)27(23)33(50)40-22-16-56-35(52)20(38-31(48)18-5-1-7-24(42)28(18)45)14-54-34(51)21(15-55-36(22)53)39-32(49)19-6-2-8-25(43)29(19)46/h1,3-7,9-11,13,20-22H,2,8,12,14-16,37H2,(H8-,38,39,40,42,43,44,45,46,47,48,49,50)/p+1. The Labute approximate surface area is 316 Å². The lowest BCUT2D eigenvalue weighted by molar-refractivity contribution is -0.596. The molecule has 1 fully saturated rings. The van der Waals surface area contributed by atoms with Crippen LogP contribution in [0.2, 0.25) is 0 Å². The molecule has 1 saturated heterocycles. The first-order chi connectivity index (χ1) is 26.7. The highest BCUT2D eigenvalue weighted by molar-refractivity contribution is 6.03. The van der Waals surface area contributed by atoms with Crippen LogP contribution in [0.25, 0.3) is 5.69 Å². The molecule has 2 aromatic carbocycles. The number of aromatic nitrogens is 1. The minimum Gasteiger partial charge on any atom is -0.508 e. The summed E-state index contributed by atoms with van der Waals surface area (Å²) < 4.78 is 17.0. The van der Waals surface area contributed by atoms with Gasteiger partial charge in [-0.25, -0.2) is 14.4 Å². The first-order valence-corrected chi connectivity index (χ1v) is 16.7. The lowest BCUT2D eigenvalue weighted by Gasteiger charge is -2.25. The van der Waals surface area contributed by atoms with E-state index in [0.29, 0.717) is 5.56 Å². The molecule has 2 heterocycles. The molecule has 20 nitrogen and oxygen atoms in total. The van der Waals surface area contributed by atoms with Gasteiger partial charge in [-0.05, 0) is 30.7 Å². The monoisotopic (exact) mass is 778 g/mol. The number of ether oxygens (including phenoxy) is 3. The van der Waals surface area contributed by atoms with Crippen molar-refractivity contribution in [3.05, 3.63) is 94.7 Å². The van der Waals surface area contributed by atoms with Gasteiger partial charge in [0.1, 0.15) is 25.6 Å². The third kappa shape index (κ3) is 8.88. The molecule has 3 unspecified atom stereocenters.